The Labute approximate surface area is 121 Å². The van der Waals surface area contributed by atoms with Crippen LogP contribution >= 0.6 is 15.9 Å². The van der Waals surface area contributed by atoms with E-state index in [-0.39, 0.29) is 0 Å². The molecule has 2 aromatic rings. The number of halogens is 1. The molecule has 0 amide bonds. The largest absolute Gasteiger partial charge is 0.389 e. The first-order valence-electron chi connectivity index (χ1n) is 6.13. The predicted octanol–water partition coefficient (Wildman–Crippen LogP) is 2.87. The zero-order valence-electron chi connectivity index (χ0n) is 11.3. The molecule has 102 valence electrons. The second-order valence-electron chi connectivity index (χ2n) is 4.76. The fourth-order valence-electron chi connectivity index (χ4n) is 2.11. The van der Waals surface area contributed by atoms with Crippen LogP contribution in [0, 0.1) is 0 Å². The topological polar surface area (TPSA) is 41.3 Å². The summed E-state index contributed by atoms with van der Waals surface area (Å²) < 4.78 is 2.80. The van der Waals surface area contributed by atoms with Crippen LogP contribution in [0.5, 0.6) is 0 Å². The summed E-state index contributed by atoms with van der Waals surface area (Å²) in [5.41, 5.74) is 3.09. The molecule has 0 saturated heterocycles. The van der Waals surface area contributed by atoms with Crippen molar-refractivity contribution >= 4 is 21.6 Å². The fraction of sp³-hybridized carbons (Fsp3) is 0.357. The van der Waals surface area contributed by atoms with Gasteiger partial charge in [0.25, 0.3) is 0 Å². The minimum Gasteiger partial charge on any atom is -0.389 e. The molecule has 5 heteroatoms. The second kappa shape index (κ2) is 5.75. The summed E-state index contributed by atoms with van der Waals surface area (Å²) in [5.74, 6) is 0. The summed E-state index contributed by atoms with van der Waals surface area (Å²) >= 11 is 3.48. The van der Waals surface area contributed by atoms with E-state index >= 15 is 0 Å². The van der Waals surface area contributed by atoms with Crippen molar-refractivity contribution in [2.24, 2.45) is 7.05 Å². The van der Waals surface area contributed by atoms with Crippen LogP contribution in [0.3, 0.4) is 0 Å². The lowest BCUT2D eigenvalue weighted by atomic mass is 10.1. The number of aryl methyl sites for hydroxylation is 1. The van der Waals surface area contributed by atoms with Gasteiger partial charge in [-0.3, -0.25) is 4.68 Å². The number of hydrogen-bond acceptors (Lipinski definition) is 3. The highest BCUT2D eigenvalue weighted by molar-refractivity contribution is 9.10. The van der Waals surface area contributed by atoms with E-state index in [1.165, 1.54) is 0 Å². The van der Waals surface area contributed by atoms with Crippen molar-refractivity contribution < 1.29 is 5.11 Å². The van der Waals surface area contributed by atoms with Crippen LogP contribution in [0.2, 0.25) is 0 Å². The van der Waals surface area contributed by atoms with E-state index in [1.807, 2.05) is 44.7 Å². The van der Waals surface area contributed by atoms with E-state index in [0.29, 0.717) is 0 Å². The van der Waals surface area contributed by atoms with Gasteiger partial charge in [0, 0.05) is 48.1 Å². The molecule has 0 aliphatic rings. The van der Waals surface area contributed by atoms with Crippen molar-refractivity contribution in [1.82, 2.24) is 9.78 Å². The van der Waals surface area contributed by atoms with Crippen LogP contribution in [0.25, 0.3) is 0 Å². The Morgan fingerprint density at radius 1 is 1.47 bits per heavy atom. The van der Waals surface area contributed by atoms with Gasteiger partial charge in [-0.15, -0.1) is 0 Å². The maximum Gasteiger partial charge on any atom is 0.0782 e. The van der Waals surface area contributed by atoms with Gasteiger partial charge in [-0.1, -0.05) is 22.0 Å². The average molecular weight is 324 g/mol. The highest BCUT2D eigenvalue weighted by Crippen LogP contribution is 2.29. The Morgan fingerprint density at radius 3 is 2.79 bits per heavy atom. The Hall–Kier alpha value is -1.33. The van der Waals surface area contributed by atoms with Gasteiger partial charge in [-0.25, -0.2) is 0 Å². The van der Waals surface area contributed by atoms with Crippen LogP contribution in [0.4, 0.5) is 5.69 Å². The number of benzene rings is 1. The molecule has 0 saturated carbocycles. The highest BCUT2D eigenvalue weighted by Gasteiger charge is 2.13. The SMILES string of the molecule is CC(O)c1ccc(Br)cc1N(C)Cc1cnn(C)c1. The number of nitrogens with zero attached hydrogens (tertiary/aromatic N) is 3. The highest BCUT2D eigenvalue weighted by atomic mass is 79.9. The summed E-state index contributed by atoms with van der Waals surface area (Å²) in [6.45, 7) is 2.54. The molecule has 1 aromatic carbocycles. The summed E-state index contributed by atoms with van der Waals surface area (Å²) in [5, 5.41) is 14.0. The number of aromatic nitrogens is 2. The van der Waals surface area contributed by atoms with Crippen LogP contribution in [-0.4, -0.2) is 21.9 Å². The molecule has 2 rings (SSSR count). The molecule has 0 spiro atoms. The standard InChI is InChI=1S/C14H18BrN3O/c1-10(19)13-5-4-12(15)6-14(13)17(2)8-11-7-16-18(3)9-11/h4-7,9-10,19H,8H2,1-3H3. The molecule has 4 nitrogen and oxygen atoms in total. The molecule has 0 fully saturated rings. The molecule has 19 heavy (non-hydrogen) atoms. The van der Waals surface area contributed by atoms with Crippen LogP contribution < -0.4 is 4.90 Å². The normalized spacial score (nSPS) is 12.5. The molecule has 1 aromatic heterocycles. The third-order valence-corrected chi connectivity index (χ3v) is 3.53. The van der Waals surface area contributed by atoms with Gasteiger partial charge in [0.05, 0.1) is 12.3 Å². The zero-order chi connectivity index (χ0) is 14.0. The third kappa shape index (κ3) is 3.36. The van der Waals surface area contributed by atoms with Crippen molar-refractivity contribution in [3.05, 3.63) is 46.2 Å². The first kappa shape index (κ1) is 14.1. The van der Waals surface area contributed by atoms with Crippen LogP contribution in [0.1, 0.15) is 24.2 Å². The maximum atomic E-state index is 9.86. The molecule has 0 bridgehead atoms. The Kier molecular flexibility index (Phi) is 4.27. The number of hydrogen-bond donors (Lipinski definition) is 1. The minimum absolute atomic E-state index is 0.487. The van der Waals surface area contributed by atoms with Crippen LogP contribution in [-0.2, 0) is 13.6 Å². The average Bonchev–Trinajstić information content (AvgIpc) is 2.74. The van der Waals surface area contributed by atoms with E-state index in [9.17, 15) is 5.11 Å². The summed E-state index contributed by atoms with van der Waals surface area (Å²) in [6.07, 6.45) is 3.37. The minimum atomic E-state index is -0.487. The molecule has 0 aliphatic carbocycles. The van der Waals surface area contributed by atoms with Crippen molar-refractivity contribution in [2.75, 3.05) is 11.9 Å². The molecular formula is C14H18BrN3O. The van der Waals surface area contributed by atoms with Crippen molar-refractivity contribution in [2.45, 2.75) is 19.6 Å². The lowest BCUT2D eigenvalue weighted by Crippen LogP contribution is -2.18. The van der Waals surface area contributed by atoms with E-state index in [2.05, 4.69) is 25.9 Å². The van der Waals surface area contributed by atoms with E-state index in [0.717, 1.165) is 27.8 Å². The molecular weight excluding hydrogens is 306 g/mol. The molecule has 0 aliphatic heterocycles. The molecule has 1 unspecified atom stereocenters. The fourth-order valence-corrected chi connectivity index (χ4v) is 2.46. The van der Waals surface area contributed by atoms with E-state index in [1.54, 1.807) is 11.6 Å². The Morgan fingerprint density at radius 2 is 2.21 bits per heavy atom. The molecule has 1 heterocycles. The zero-order valence-corrected chi connectivity index (χ0v) is 12.9. The summed E-state index contributed by atoms with van der Waals surface area (Å²) in [6, 6.07) is 5.92. The lowest BCUT2D eigenvalue weighted by molar-refractivity contribution is 0.199. The lowest BCUT2D eigenvalue weighted by Gasteiger charge is -2.23. The number of aliphatic hydroxyl groups excluding tert-OH is 1. The van der Waals surface area contributed by atoms with Crippen LogP contribution in [0.15, 0.2) is 35.1 Å². The van der Waals surface area contributed by atoms with Gasteiger partial charge in [0.1, 0.15) is 0 Å². The Balaban J connectivity index is 2.27. The van der Waals surface area contributed by atoms with Gasteiger partial charge in [0.2, 0.25) is 0 Å². The van der Waals surface area contributed by atoms with Gasteiger partial charge in [-0.2, -0.15) is 5.10 Å². The van der Waals surface area contributed by atoms with E-state index < -0.39 is 6.10 Å². The second-order valence-corrected chi connectivity index (χ2v) is 5.67. The van der Waals surface area contributed by atoms with Gasteiger partial charge in [-0.05, 0) is 19.1 Å². The molecule has 0 radical (unpaired) electrons. The molecule has 1 atom stereocenters. The van der Waals surface area contributed by atoms with Crippen molar-refractivity contribution in [3.63, 3.8) is 0 Å². The number of aliphatic hydroxyl groups is 1. The molecule has 1 N–H and O–H groups in total. The summed E-state index contributed by atoms with van der Waals surface area (Å²) in [4.78, 5) is 2.11. The van der Waals surface area contributed by atoms with E-state index in [4.69, 9.17) is 0 Å². The number of anilines is 1. The van der Waals surface area contributed by atoms with Gasteiger partial charge in [0.15, 0.2) is 0 Å². The van der Waals surface area contributed by atoms with Gasteiger partial charge >= 0.3 is 0 Å². The van der Waals surface area contributed by atoms with Gasteiger partial charge < -0.3 is 10.0 Å². The first-order chi connectivity index (χ1) is 8.97. The summed E-state index contributed by atoms with van der Waals surface area (Å²) in [7, 11) is 3.92. The van der Waals surface area contributed by atoms with Crippen molar-refractivity contribution in [1.29, 1.82) is 0 Å². The first-order valence-corrected chi connectivity index (χ1v) is 6.93. The maximum absolute atomic E-state index is 9.86. The third-order valence-electron chi connectivity index (χ3n) is 3.03. The Bertz CT molecular complexity index is 566. The quantitative estimate of drug-likeness (QED) is 0.940. The smallest absolute Gasteiger partial charge is 0.0782 e. The monoisotopic (exact) mass is 323 g/mol. The number of rotatable bonds is 4. The predicted molar refractivity (Wildman–Crippen MR) is 80.1 cm³/mol. The van der Waals surface area contributed by atoms with Crippen molar-refractivity contribution in [3.8, 4) is 0 Å².